The number of hydrogen-bond acceptors (Lipinski definition) is 5. The zero-order valence-corrected chi connectivity index (χ0v) is 18.2. The number of aliphatic hydroxyl groups excluding tert-OH is 1. The topological polar surface area (TPSA) is 80.0 Å². The maximum absolute atomic E-state index is 13.1. The van der Waals surface area contributed by atoms with Gasteiger partial charge in [-0.1, -0.05) is 11.6 Å². The second-order valence-corrected chi connectivity index (χ2v) is 8.49. The molecule has 32 heavy (non-hydrogen) atoms. The van der Waals surface area contributed by atoms with Gasteiger partial charge >= 0.3 is 0 Å². The van der Waals surface area contributed by atoms with Crippen LogP contribution in [0.4, 0.5) is 5.69 Å². The molecule has 1 aromatic heterocycles. The fraction of sp³-hybridized carbons (Fsp3) is 0.200. The molecule has 2 aliphatic heterocycles. The molecule has 162 valence electrons. The van der Waals surface area contributed by atoms with E-state index in [0.717, 1.165) is 11.3 Å². The molecule has 1 N–H and O–H groups in total. The molecule has 2 atom stereocenters. The van der Waals surface area contributed by atoms with Crippen LogP contribution in [0, 0.1) is 6.92 Å². The number of aryl methyl sites for hydroxylation is 1. The summed E-state index contributed by atoms with van der Waals surface area (Å²) >= 11 is 6.01. The van der Waals surface area contributed by atoms with Gasteiger partial charge in [0.2, 0.25) is 0 Å². The summed E-state index contributed by atoms with van der Waals surface area (Å²) in [6.07, 6.45) is 0.750. The van der Waals surface area contributed by atoms with Crippen LogP contribution in [0.15, 0.2) is 64.6 Å². The van der Waals surface area contributed by atoms with Crippen LogP contribution in [0.3, 0.4) is 0 Å². The lowest BCUT2D eigenvalue weighted by atomic mass is 9.97. The number of aliphatic hydroxyl groups is 1. The number of carbonyl (C=O) groups excluding carboxylic acids is 2. The summed E-state index contributed by atoms with van der Waals surface area (Å²) < 4.78 is 11.5. The number of hydrogen-bond donors (Lipinski definition) is 1. The number of rotatable bonds is 3. The third-order valence-electron chi connectivity index (χ3n) is 5.75. The number of carbonyl (C=O) groups is 2. The molecule has 7 heteroatoms. The van der Waals surface area contributed by atoms with Gasteiger partial charge in [-0.05, 0) is 74.0 Å². The minimum Gasteiger partial charge on any atom is -0.507 e. The third kappa shape index (κ3) is 3.28. The van der Waals surface area contributed by atoms with Gasteiger partial charge in [-0.25, -0.2) is 0 Å². The van der Waals surface area contributed by atoms with E-state index in [1.165, 1.54) is 4.90 Å². The van der Waals surface area contributed by atoms with E-state index in [-0.39, 0.29) is 17.4 Å². The molecular weight excluding hydrogens is 430 g/mol. The van der Waals surface area contributed by atoms with Crippen LogP contribution in [0.5, 0.6) is 5.75 Å². The molecule has 0 bridgehead atoms. The van der Waals surface area contributed by atoms with E-state index in [9.17, 15) is 14.7 Å². The number of amides is 1. The number of nitrogens with zero attached hydrogens (tertiary/aromatic N) is 1. The molecule has 3 heterocycles. The molecule has 2 unspecified atom stereocenters. The van der Waals surface area contributed by atoms with Crippen LogP contribution in [-0.2, 0) is 16.0 Å². The van der Waals surface area contributed by atoms with Gasteiger partial charge in [0.15, 0.2) is 0 Å². The van der Waals surface area contributed by atoms with Crippen LogP contribution in [0.1, 0.15) is 35.6 Å². The highest BCUT2D eigenvalue weighted by molar-refractivity contribution is 6.51. The quantitative estimate of drug-likeness (QED) is 0.338. The summed E-state index contributed by atoms with van der Waals surface area (Å²) in [6, 6.07) is 14.4. The van der Waals surface area contributed by atoms with Gasteiger partial charge in [-0.2, -0.15) is 0 Å². The molecular formula is C25H20ClNO5. The Hall–Kier alpha value is -3.51. The SMILES string of the molecule is Cc1ccc(C2/C(=C(/O)c3ccc4c(c3)CC(C)O4)C(=O)C(=O)N2c2ccc(Cl)cc2)o1. The summed E-state index contributed by atoms with van der Waals surface area (Å²) in [5, 5.41) is 11.7. The Morgan fingerprint density at radius 2 is 1.84 bits per heavy atom. The first-order chi connectivity index (χ1) is 15.3. The first-order valence-corrected chi connectivity index (χ1v) is 10.6. The first kappa shape index (κ1) is 20.4. The number of ether oxygens (including phenoxy) is 1. The Labute approximate surface area is 189 Å². The monoisotopic (exact) mass is 449 g/mol. The second-order valence-electron chi connectivity index (χ2n) is 8.05. The van der Waals surface area contributed by atoms with Crippen molar-refractivity contribution in [2.75, 3.05) is 4.90 Å². The van der Waals surface area contributed by atoms with Crippen molar-refractivity contribution < 1.29 is 23.8 Å². The summed E-state index contributed by atoms with van der Waals surface area (Å²) in [5.41, 5.74) is 1.85. The predicted molar refractivity (Wildman–Crippen MR) is 120 cm³/mol. The van der Waals surface area contributed by atoms with E-state index in [1.807, 2.05) is 6.92 Å². The van der Waals surface area contributed by atoms with Crippen LogP contribution >= 0.6 is 11.6 Å². The normalized spacial score (nSPS) is 21.7. The number of anilines is 1. The van der Waals surface area contributed by atoms with Crippen molar-refractivity contribution in [2.45, 2.75) is 32.4 Å². The minimum absolute atomic E-state index is 0.0220. The van der Waals surface area contributed by atoms with Crippen LogP contribution in [0.25, 0.3) is 5.76 Å². The van der Waals surface area contributed by atoms with Gasteiger partial charge in [0.25, 0.3) is 11.7 Å². The lowest BCUT2D eigenvalue weighted by molar-refractivity contribution is -0.132. The zero-order valence-electron chi connectivity index (χ0n) is 17.5. The van der Waals surface area contributed by atoms with Crippen LogP contribution in [-0.4, -0.2) is 22.9 Å². The molecule has 0 spiro atoms. The van der Waals surface area contributed by atoms with Crippen molar-refractivity contribution in [1.29, 1.82) is 0 Å². The molecule has 1 fully saturated rings. The Bertz CT molecular complexity index is 1270. The van der Waals surface area contributed by atoms with Crippen molar-refractivity contribution in [1.82, 2.24) is 0 Å². The molecule has 2 aliphatic rings. The van der Waals surface area contributed by atoms with Crippen molar-refractivity contribution in [2.24, 2.45) is 0 Å². The average molecular weight is 450 g/mol. The van der Waals surface area contributed by atoms with Crippen molar-refractivity contribution in [3.8, 4) is 5.75 Å². The van der Waals surface area contributed by atoms with Gasteiger partial charge in [0, 0.05) is 22.7 Å². The third-order valence-corrected chi connectivity index (χ3v) is 6.00. The molecule has 2 aromatic carbocycles. The number of Topliss-reactive ketones (excluding diaryl/α,β-unsaturated/α-hetero) is 1. The average Bonchev–Trinajstić information content (AvgIpc) is 3.43. The molecule has 6 nitrogen and oxygen atoms in total. The summed E-state index contributed by atoms with van der Waals surface area (Å²) in [5.74, 6) is 0.00410. The molecule has 0 saturated carbocycles. The number of benzene rings is 2. The smallest absolute Gasteiger partial charge is 0.300 e. The minimum atomic E-state index is -0.909. The van der Waals surface area contributed by atoms with E-state index >= 15 is 0 Å². The maximum Gasteiger partial charge on any atom is 0.300 e. The van der Waals surface area contributed by atoms with Crippen LogP contribution in [0.2, 0.25) is 5.02 Å². The second kappa shape index (κ2) is 7.57. The number of ketones is 1. The molecule has 0 aliphatic carbocycles. The summed E-state index contributed by atoms with van der Waals surface area (Å²) in [4.78, 5) is 27.6. The maximum atomic E-state index is 13.1. The highest BCUT2D eigenvalue weighted by Crippen LogP contribution is 2.43. The number of furan rings is 1. The van der Waals surface area contributed by atoms with Crippen LogP contribution < -0.4 is 9.64 Å². The number of halogens is 1. The van der Waals surface area contributed by atoms with Gasteiger partial charge in [-0.3, -0.25) is 14.5 Å². The highest BCUT2D eigenvalue weighted by Gasteiger charge is 2.48. The van der Waals surface area contributed by atoms with Gasteiger partial charge in [0.1, 0.15) is 35.2 Å². The van der Waals surface area contributed by atoms with Gasteiger partial charge in [-0.15, -0.1) is 0 Å². The van der Waals surface area contributed by atoms with Crippen molar-refractivity contribution in [3.63, 3.8) is 0 Å². The standard InChI is InChI=1S/C25H20ClNO5/c1-13-3-9-20(31-13)22-21(23(28)15-4-10-19-16(12-15)11-14(2)32-19)24(29)25(30)27(22)18-7-5-17(26)6-8-18/h3-10,12,14,22,28H,11H2,1-2H3/b23-21-. The summed E-state index contributed by atoms with van der Waals surface area (Å²) in [6.45, 7) is 3.75. The van der Waals surface area contributed by atoms with E-state index in [0.29, 0.717) is 34.2 Å². The zero-order chi connectivity index (χ0) is 22.6. The summed E-state index contributed by atoms with van der Waals surface area (Å²) in [7, 11) is 0. The lowest BCUT2D eigenvalue weighted by Crippen LogP contribution is -2.29. The molecule has 1 amide bonds. The Morgan fingerprint density at radius 1 is 1.09 bits per heavy atom. The fourth-order valence-corrected chi connectivity index (χ4v) is 4.42. The predicted octanol–water partition coefficient (Wildman–Crippen LogP) is 5.19. The van der Waals surface area contributed by atoms with E-state index < -0.39 is 17.7 Å². The van der Waals surface area contributed by atoms with Gasteiger partial charge < -0.3 is 14.3 Å². The van der Waals surface area contributed by atoms with Crippen molar-refractivity contribution >= 4 is 34.7 Å². The van der Waals surface area contributed by atoms with E-state index in [4.69, 9.17) is 20.8 Å². The van der Waals surface area contributed by atoms with E-state index in [2.05, 4.69) is 0 Å². The highest BCUT2D eigenvalue weighted by atomic mass is 35.5. The first-order valence-electron chi connectivity index (χ1n) is 10.3. The van der Waals surface area contributed by atoms with E-state index in [1.54, 1.807) is 61.5 Å². The fourth-order valence-electron chi connectivity index (χ4n) is 4.29. The Morgan fingerprint density at radius 3 is 2.53 bits per heavy atom. The Balaban J connectivity index is 1.67. The van der Waals surface area contributed by atoms with Crippen molar-refractivity contribution in [3.05, 3.63) is 87.8 Å². The Kier molecular flexibility index (Phi) is 4.82. The molecule has 3 aromatic rings. The number of fused-ring (bicyclic) bond motifs is 1. The lowest BCUT2D eigenvalue weighted by Gasteiger charge is -2.23. The largest absolute Gasteiger partial charge is 0.507 e. The molecule has 5 rings (SSSR count). The molecule has 0 radical (unpaired) electrons. The van der Waals surface area contributed by atoms with Gasteiger partial charge in [0.05, 0.1) is 5.57 Å². The molecule has 1 saturated heterocycles.